The van der Waals surface area contributed by atoms with Gasteiger partial charge in [-0.15, -0.1) is 0 Å². The number of hydrogen-bond donors (Lipinski definition) is 2. The molecule has 0 radical (unpaired) electrons. The van der Waals surface area contributed by atoms with E-state index < -0.39 is 0 Å². The molecule has 3 nitrogen and oxygen atoms in total. The molecule has 3 heteroatoms. The third-order valence-corrected chi connectivity index (χ3v) is 5.13. The van der Waals surface area contributed by atoms with E-state index in [9.17, 15) is 4.79 Å². The fourth-order valence-corrected chi connectivity index (χ4v) is 3.79. The summed E-state index contributed by atoms with van der Waals surface area (Å²) in [6.45, 7) is 1.64. The number of carbonyl (C=O) groups is 1. The van der Waals surface area contributed by atoms with Crippen LogP contribution < -0.4 is 11.1 Å². The summed E-state index contributed by atoms with van der Waals surface area (Å²) in [6, 6.07) is 0. The Labute approximate surface area is 117 Å². The van der Waals surface area contributed by atoms with Crippen LogP contribution in [0.3, 0.4) is 0 Å². The van der Waals surface area contributed by atoms with Gasteiger partial charge >= 0.3 is 0 Å². The first kappa shape index (κ1) is 14.8. The van der Waals surface area contributed by atoms with E-state index in [-0.39, 0.29) is 5.92 Å². The van der Waals surface area contributed by atoms with Gasteiger partial charge in [-0.25, -0.2) is 0 Å². The van der Waals surface area contributed by atoms with Crippen molar-refractivity contribution >= 4 is 5.91 Å². The predicted octanol–water partition coefficient (Wildman–Crippen LogP) is 2.84. The number of carbonyl (C=O) groups excluding carboxylic acids is 1. The maximum Gasteiger partial charge on any atom is 0.223 e. The molecular formula is C16H30N2O. The molecule has 19 heavy (non-hydrogen) atoms. The summed E-state index contributed by atoms with van der Waals surface area (Å²) in [5, 5.41) is 3.21. The van der Waals surface area contributed by atoms with E-state index in [2.05, 4.69) is 5.32 Å². The first-order valence-corrected chi connectivity index (χ1v) is 8.29. The summed E-state index contributed by atoms with van der Waals surface area (Å²) in [5.74, 6) is 1.85. The minimum atomic E-state index is 0.276. The van der Waals surface area contributed by atoms with Gasteiger partial charge in [0.1, 0.15) is 0 Å². The monoisotopic (exact) mass is 266 g/mol. The molecule has 2 saturated carbocycles. The van der Waals surface area contributed by atoms with Crippen LogP contribution in [0.15, 0.2) is 0 Å². The molecule has 110 valence electrons. The first-order valence-electron chi connectivity index (χ1n) is 8.29. The zero-order chi connectivity index (χ0) is 13.5. The first-order chi connectivity index (χ1) is 9.31. The number of hydrogen-bond acceptors (Lipinski definition) is 2. The average Bonchev–Trinajstić information content (AvgIpc) is 2.83. The molecule has 0 aromatic heterocycles. The number of nitrogens with one attached hydrogen (secondary N) is 1. The molecule has 0 spiro atoms. The second kappa shape index (κ2) is 7.88. The Bertz CT molecular complexity index is 272. The second-order valence-corrected chi connectivity index (χ2v) is 6.47. The summed E-state index contributed by atoms with van der Waals surface area (Å²) in [7, 11) is 0. The minimum Gasteiger partial charge on any atom is -0.356 e. The van der Waals surface area contributed by atoms with Crippen LogP contribution in [-0.2, 0) is 4.79 Å². The van der Waals surface area contributed by atoms with Gasteiger partial charge in [0.05, 0.1) is 0 Å². The van der Waals surface area contributed by atoms with Gasteiger partial charge in [-0.3, -0.25) is 4.79 Å². The highest BCUT2D eigenvalue weighted by Gasteiger charge is 2.27. The average molecular weight is 266 g/mol. The Morgan fingerprint density at radius 2 is 1.53 bits per heavy atom. The van der Waals surface area contributed by atoms with Gasteiger partial charge < -0.3 is 11.1 Å². The highest BCUT2D eigenvalue weighted by molar-refractivity contribution is 5.78. The molecule has 2 unspecified atom stereocenters. The number of nitrogens with two attached hydrogens (primary N) is 1. The maximum absolute atomic E-state index is 12.3. The van der Waals surface area contributed by atoms with Crippen LogP contribution in [0.5, 0.6) is 0 Å². The minimum absolute atomic E-state index is 0.276. The molecule has 2 aliphatic rings. The standard InChI is InChI=1S/C16H30N2O/c17-11-14-9-6-10-15(14)12-18-16(19)13-7-4-2-1-3-5-8-13/h13-15H,1-12,17H2,(H,18,19). The maximum atomic E-state index is 12.3. The lowest BCUT2D eigenvalue weighted by molar-refractivity contribution is -0.125. The highest BCUT2D eigenvalue weighted by atomic mass is 16.1. The molecule has 0 bridgehead atoms. The van der Waals surface area contributed by atoms with E-state index in [0.717, 1.165) is 25.9 Å². The Balaban J connectivity index is 1.73. The van der Waals surface area contributed by atoms with E-state index >= 15 is 0 Å². The van der Waals surface area contributed by atoms with Crippen molar-refractivity contribution in [3.05, 3.63) is 0 Å². The van der Waals surface area contributed by atoms with Crippen molar-refractivity contribution in [3.63, 3.8) is 0 Å². The van der Waals surface area contributed by atoms with Crippen LogP contribution >= 0.6 is 0 Å². The SMILES string of the molecule is NCC1CCCC1CNC(=O)C1CCCCCCC1. The molecule has 0 saturated heterocycles. The van der Waals surface area contributed by atoms with Crippen molar-refractivity contribution in [3.8, 4) is 0 Å². The Morgan fingerprint density at radius 3 is 2.21 bits per heavy atom. The summed E-state index contributed by atoms with van der Waals surface area (Å²) in [6.07, 6.45) is 12.4. The normalized spacial score (nSPS) is 29.7. The lowest BCUT2D eigenvalue weighted by Gasteiger charge is -2.22. The molecule has 0 heterocycles. The van der Waals surface area contributed by atoms with Gasteiger partial charge in [0.25, 0.3) is 0 Å². The second-order valence-electron chi connectivity index (χ2n) is 6.47. The van der Waals surface area contributed by atoms with Crippen LogP contribution in [0.25, 0.3) is 0 Å². The third-order valence-electron chi connectivity index (χ3n) is 5.13. The largest absolute Gasteiger partial charge is 0.356 e. The van der Waals surface area contributed by atoms with Gasteiger partial charge in [0, 0.05) is 12.5 Å². The zero-order valence-corrected chi connectivity index (χ0v) is 12.2. The Kier molecular flexibility index (Phi) is 6.15. The van der Waals surface area contributed by atoms with Crippen molar-refractivity contribution in [2.24, 2.45) is 23.5 Å². The summed E-state index contributed by atoms with van der Waals surface area (Å²) >= 11 is 0. The lowest BCUT2D eigenvalue weighted by atomic mass is 9.90. The van der Waals surface area contributed by atoms with Crippen molar-refractivity contribution in [1.82, 2.24) is 5.32 Å². The molecule has 0 aromatic rings. The molecule has 2 aliphatic carbocycles. The lowest BCUT2D eigenvalue weighted by Crippen LogP contribution is -2.36. The van der Waals surface area contributed by atoms with Crippen molar-refractivity contribution in [2.75, 3.05) is 13.1 Å². The summed E-state index contributed by atoms with van der Waals surface area (Å²) in [4.78, 5) is 12.3. The van der Waals surface area contributed by atoms with Gasteiger partial charge in [0.15, 0.2) is 0 Å². The molecule has 3 N–H and O–H groups in total. The molecule has 2 fully saturated rings. The fourth-order valence-electron chi connectivity index (χ4n) is 3.79. The van der Waals surface area contributed by atoms with Gasteiger partial charge in [0.2, 0.25) is 5.91 Å². The van der Waals surface area contributed by atoms with Gasteiger partial charge in [-0.2, -0.15) is 0 Å². The van der Waals surface area contributed by atoms with Crippen molar-refractivity contribution < 1.29 is 4.79 Å². The Hall–Kier alpha value is -0.570. The number of rotatable bonds is 4. The van der Waals surface area contributed by atoms with Crippen molar-refractivity contribution in [1.29, 1.82) is 0 Å². The predicted molar refractivity (Wildman–Crippen MR) is 78.7 cm³/mol. The molecular weight excluding hydrogens is 236 g/mol. The molecule has 0 aliphatic heterocycles. The van der Waals surface area contributed by atoms with E-state index in [0.29, 0.717) is 17.7 Å². The topological polar surface area (TPSA) is 55.1 Å². The van der Waals surface area contributed by atoms with Gasteiger partial charge in [-0.1, -0.05) is 38.5 Å². The van der Waals surface area contributed by atoms with E-state index in [1.165, 1.54) is 51.4 Å². The quantitative estimate of drug-likeness (QED) is 0.822. The molecule has 1 amide bonds. The van der Waals surface area contributed by atoms with E-state index in [1.54, 1.807) is 0 Å². The third kappa shape index (κ3) is 4.48. The molecule has 2 atom stereocenters. The van der Waals surface area contributed by atoms with Crippen LogP contribution in [-0.4, -0.2) is 19.0 Å². The number of amides is 1. The summed E-state index contributed by atoms with van der Waals surface area (Å²) < 4.78 is 0. The van der Waals surface area contributed by atoms with E-state index in [1.807, 2.05) is 0 Å². The summed E-state index contributed by atoms with van der Waals surface area (Å²) in [5.41, 5.74) is 5.80. The van der Waals surface area contributed by atoms with Crippen LogP contribution in [0.1, 0.15) is 64.2 Å². The van der Waals surface area contributed by atoms with Crippen molar-refractivity contribution in [2.45, 2.75) is 64.2 Å². The smallest absolute Gasteiger partial charge is 0.223 e. The van der Waals surface area contributed by atoms with Crippen LogP contribution in [0.2, 0.25) is 0 Å². The van der Waals surface area contributed by atoms with Crippen LogP contribution in [0.4, 0.5) is 0 Å². The van der Waals surface area contributed by atoms with Gasteiger partial charge in [-0.05, 0) is 44.1 Å². The fraction of sp³-hybridized carbons (Fsp3) is 0.938. The Morgan fingerprint density at radius 1 is 0.895 bits per heavy atom. The zero-order valence-electron chi connectivity index (χ0n) is 12.2. The van der Waals surface area contributed by atoms with E-state index in [4.69, 9.17) is 5.73 Å². The molecule has 2 rings (SSSR count). The van der Waals surface area contributed by atoms with Crippen LogP contribution in [0, 0.1) is 17.8 Å². The highest BCUT2D eigenvalue weighted by Crippen LogP contribution is 2.30. The molecule has 0 aromatic carbocycles.